The number of amides is 1. The van der Waals surface area contributed by atoms with Crippen LogP contribution in [0.3, 0.4) is 0 Å². The summed E-state index contributed by atoms with van der Waals surface area (Å²) in [6.07, 6.45) is -0.631. The normalized spacial score (nSPS) is 22.4. The molecule has 0 saturated carbocycles. The lowest BCUT2D eigenvalue weighted by Gasteiger charge is -2.19. The van der Waals surface area contributed by atoms with E-state index < -0.39 is 17.7 Å². The van der Waals surface area contributed by atoms with Crippen LogP contribution in [0.25, 0.3) is 0 Å². The number of ether oxygens (including phenoxy) is 1. The molecule has 1 atom stereocenters. The van der Waals surface area contributed by atoms with E-state index in [9.17, 15) is 9.59 Å². The van der Waals surface area contributed by atoms with Crippen molar-refractivity contribution in [1.29, 1.82) is 0 Å². The third-order valence-corrected chi connectivity index (χ3v) is 3.10. The fraction of sp³-hybridized carbons (Fsp3) is 0.429. The molecule has 1 amide bonds. The Hall–Kier alpha value is -2.04. The van der Waals surface area contributed by atoms with Gasteiger partial charge >= 0.3 is 12.1 Å². The Bertz CT molecular complexity index is 514. The van der Waals surface area contributed by atoms with E-state index in [4.69, 9.17) is 9.84 Å². The molecule has 1 unspecified atom stereocenters. The van der Waals surface area contributed by atoms with Crippen molar-refractivity contribution in [1.82, 2.24) is 4.90 Å². The molecule has 1 aliphatic rings. The van der Waals surface area contributed by atoms with Gasteiger partial charge in [0.15, 0.2) is 0 Å². The number of carbonyl (C=O) groups is 2. The van der Waals surface area contributed by atoms with Crippen LogP contribution in [0.2, 0.25) is 0 Å². The highest BCUT2D eigenvalue weighted by molar-refractivity contribution is 5.74. The maximum atomic E-state index is 11.8. The van der Waals surface area contributed by atoms with Gasteiger partial charge in [-0.3, -0.25) is 9.69 Å². The molecule has 1 aliphatic heterocycles. The number of nitrogens with zero attached hydrogens (tertiary/aromatic N) is 1. The molecular weight excluding hydrogens is 246 g/mol. The predicted molar refractivity (Wildman–Crippen MR) is 68.7 cm³/mol. The molecule has 1 N–H and O–H groups in total. The fourth-order valence-corrected chi connectivity index (χ4v) is 2.34. The lowest BCUT2D eigenvalue weighted by atomic mass is 10.0. The number of carbonyl (C=O) groups excluding carboxylic acids is 1. The van der Waals surface area contributed by atoms with Crippen LogP contribution in [0.1, 0.15) is 24.5 Å². The number of aliphatic carboxylic acids is 1. The smallest absolute Gasteiger partial charge is 0.410 e. The number of aryl methyl sites for hydroxylation is 1. The number of carboxylic acids is 1. The summed E-state index contributed by atoms with van der Waals surface area (Å²) in [6, 6.07) is 7.86. The summed E-state index contributed by atoms with van der Waals surface area (Å²) < 4.78 is 5.18. The van der Waals surface area contributed by atoms with Gasteiger partial charge in [-0.1, -0.05) is 29.8 Å². The summed E-state index contributed by atoms with van der Waals surface area (Å²) in [5.74, 6) is -0.965. The van der Waals surface area contributed by atoms with Crippen molar-refractivity contribution in [3.05, 3.63) is 35.4 Å². The molecule has 1 aromatic carbocycles. The first kappa shape index (κ1) is 13.4. The molecule has 2 rings (SSSR count). The van der Waals surface area contributed by atoms with E-state index in [0.29, 0.717) is 13.1 Å². The number of hydrogen-bond donors (Lipinski definition) is 1. The number of rotatable bonds is 4. The van der Waals surface area contributed by atoms with Gasteiger partial charge in [0.05, 0.1) is 13.0 Å². The van der Waals surface area contributed by atoms with E-state index in [-0.39, 0.29) is 6.42 Å². The van der Waals surface area contributed by atoms with Gasteiger partial charge in [-0.05, 0) is 19.4 Å². The molecule has 0 bridgehead atoms. The van der Waals surface area contributed by atoms with Crippen molar-refractivity contribution in [2.24, 2.45) is 0 Å². The Kier molecular flexibility index (Phi) is 3.46. The van der Waals surface area contributed by atoms with Crippen LogP contribution in [0.4, 0.5) is 4.79 Å². The largest absolute Gasteiger partial charge is 0.481 e. The highest BCUT2D eigenvalue weighted by Crippen LogP contribution is 2.27. The van der Waals surface area contributed by atoms with Crippen molar-refractivity contribution in [2.75, 3.05) is 6.54 Å². The maximum Gasteiger partial charge on any atom is 0.410 e. The fourth-order valence-electron chi connectivity index (χ4n) is 2.34. The van der Waals surface area contributed by atoms with E-state index in [1.54, 1.807) is 6.92 Å². The minimum absolute atomic E-state index is 0.178. The molecule has 1 aromatic rings. The van der Waals surface area contributed by atoms with Crippen molar-refractivity contribution in [3.8, 4) is 0 Å². The standard InChI is InChI=1S/C14H17NO4/c1-10-4-3-5-11(6-10)8-15-9-14(2,7-12(16)17)19-13(15)18/h3-6H,7-9H2,1-2H3,(H,16,17). The van der Waals surface area contributed by atoms with Crippen molar-refractivity contribution in [2.45, 2.75) is 32.4 Å². The summed E-state index contributed by atoms with van der Waals surface area (Å²) in [5.41, 5.74) is 1.20. The quantitative estimate of drug-likeness (QED) is 0.904. The molecule has 1 saturated heterocycles. The Morgan fingerprint density at radius 1 is 1.53 bits per heavy atom. The molecule has 0 radical (unpaired) electrons. The van der Waals surface area contributed by atoms with Crippen molar-refractivity contribution >= 4 is 12.1 Å². The summed E-state index contributed by atoms with van der Waals surface area (Å²) in [4.78, 5) is 24.1. The molecule has 1 fully saturated rings. The van der Waals surface area contributed by atoms with Gasteiger partial charge in [0.1, 0.15) is 5.60 Å². The lowest BCUT2D eigenvalue weighted by molar-refractivity contribution is -0.140. The van der Waals surface area contributed by atoms with E-state index in [0.717, 1.165) is 11.1 Å². The minimum atomic E-state index is -0.965. The Morgan fingerprint density at radius 3 is 2.89 bits per heavy atom. The van der Waals surface area contributed by atoms with Crippen LogP contribution in [0.15, 0.2) is 24.3 Å². The zero-order valence-electron chi connectivity index (χ0n) is 11.0. The zero-order chi connectivity index (χ0) is 14.0. The Morgan fingerprint density at radius 2 is 2.26 bits per heavy atom. The van der Waals surface area contributed by atoms with Crippen LogP contribution in [-0.2, 0) is 16.1 Å². The van der Waals surface area contributed by atoms with Crippen LogP contribution in [-0.4, -0.2) is 34.2 Å². The summed E-state index contributed by atoms with van der Waals surface area (Å²) >= 11 is 0. The highest BCUT2D eigenvalue weighted by Gasteiger charge is 2.42. The number of hydrogen-bond acceptors (Lipinski definition) is 3. The van der Waals surface area contributed by atoms with Crippen LogP contribution in [0.5, 0.6) is 0 Å². The third-order valence-electron chi connectivity index (χ3n) is 3.10. The van der Waals surface area contributed by atoms with E-state index in [1.807, 2.05) is 31.2 Å². The molecular formula is C14H17NO4. The monoisotopic (exact) mass is 263 g/mol. The Labute approximate surface area is 111 Å². The van der Waals surface area contributed by atoms with E-state index in [1.165, 1.54) is 4.90 Å². The number of benzene rings is 1. The van der Waals surface area contributed by atoms with Gasteiger partial charge in [-0.25, -0.2) is 4.79 Å². The first-order valence-electron chi connectivity index (χ1n) is 6.13. The average Bonchev–Trinajstić information content (AvgIpc) is 2.52. The second kappa shape index (κ2) is 4.91. The topological polar surface area (TPSA) is 66.8 Å². The Balaban J connectivity index is 2.06. The first-order chi connectivity index (χ1) is 8.88. The molecule has 0 aromatic heterocycles. The van der Waals surface area contributed by atoms with Gasteiger partial charge in [0.25, 0.3) is 0 Å². The van der Waals surface area contributed by atoms with Gasteiger partial charge in [-0.15, -0.1) is 0 Å². The second-order valence-electron chi connectivity index (χ2n) is 5.23. The summed E-state index contributed by atoms with van der Waals surface area (Å²) in [5, 5.41) is 8.83. The molecule has 102 valence electrons. The number of cyclic esters (lactones) is 1. The van der Waals surface area contributed by atoms with Crippen LogP contribution < -0.4 is 0 Å². The average molecular weight is 263 g/mol. The van der Waals surface area contributed by atoms with E-state index >= 15 is 0 Å². The van der Waals surface area contributed by atoms with Gasteiger partial charge < -0.3 is 9.84 Å². The zero-order valence-corrected chi connectivity index (χ0v) is 11.0. The molecule has 1 heterocycles. The molecule has 19 heavy (non-hydrogen) atoms. The van der Waals surface area contributed by atoms with E-state index in [2.05, 4.69) is 0 Å². The van der Waals surface area contributed by atoms with Gasteiger partial charge in [-0.2, -0.15) is 0 Å². The predicted octanol–water partition coefficient (Wildman–Crippen LogP) is 2.18. The maximum absolute atomic E-state index is 11.8. The molecule has 0 spiro atoms. The summed E-state index contributed by atoms with van der Waals surface area (Å²) in [6.45, 7) is 4.37. The molecule has 0 aliphatic carbocycles. The van der Waals surface area contributed by atoms with Gasteiger partial charge in [0, 0.05) is 6.54 Å². The lowest BCUT2D eigenvalue weighted by Crippen LogP contribution is -2.33. The molecule has 5 nitrogen and oxygen atoms in total. The first-order valence-corrected chi connectivity index (χ1v) is 6.13. The SMILES string of the molecule is Cc1cccc(CN2CC(C)(CC(=O)O)OC2=O)c1. The number of carboxylic acid groups (broad SMARTS) is 1. The third kappa shape index (κ3) is 3.24. The van der Waals surface area contributed by atoms with Gasteiger partial charge in [0.2, 0.25) is 0 Å². The minimum Gasteiger partial charge on any atom is -0.481 e. The van der Waals surface area contributed by atoms with Crippen LogP contribution in [0, 0.1) is 6.92 Å². The second-order valence-corrected chi connectivity index (χ2v) is 5.23. The summed E-state index contributed by atoms with van der Waals surface area (Å²) in [7, 11) is 0. The highest BCUT2D eigenvalue weighted by atomic mass is 16.6. The van der Waals surface area contributed by atoms with Crippen molar-refractivity contribution in [3.63, 3.8) is 0 Å². The van der Waals surface area contributed by atoms with Crippen molar-refractivity contribution < 1.29 is 19.4 Å². The van der Waals surface area contributed by atoms with Crippen LogP contribution >= 0.6 is 0 Å². The molecule has 5 heteroatoms.